The molecule has 2 aromatic rings. The molecule has 1 aliphatic rings. The summed E-state index contributed by atoms with van der Waals surface area (Å²) in [6.07, 6.45) is 3.63. The molecule has 0 unspecified atom stereocenters. The van der Waals surface area contributed by atoms with Crippen molar-refractivity contribution in [1.82, 2.24) is 10.3 Å². The smallest absolute Gasteiger partial charge is 0.228 e. The van der Waals surface area contributed by atoms with Crippen molar-refractivity contribution in [3.05, 3.63) is 45.9 Å². The minimum Gasteiger partial charge on any atom is -0.312 e. The number of rotatable bonds is 6. The average Bonchev–Trinajstić information content (AvgIpc) is 3.06. The normalized spacial score (nSPS) is 13.9. The Morgan fingerprint density at radius 1 is 1.39 bits per heavy atom. The number of thiazole rings is 1. The molecule has 23 heavy (non-hydrogen) atoms. The average molecular weight is 329 g/mol. The van der Waals surface area contributed by atoms with Crippen LogP contribution in [0.5, 0.6) is 0 Å². The molecule has 5 heteroatoms. The second-order valence-corrected chi connectivity index (χ2v) is 6.73. The van der Waals surface area contributed by atoms with Gasteiger partial charge in [-0.3, -0.25) is 4.79 Å². The van der Waals surface area contributed by atoms with Gasteiger partial charge < -0.3 is 10.2 Å². The molecule has 4 nitrogen and oxygen atoms in total. The van der Waals surface area contributed by atoms with Crippen molar-refractivity contribution in [2.75, 3.05) is 18.0 Å². The van der Waals surface area contributed by atoms with Crippen molar-refractivity contribution in [3.63, 3.8) is 0 Å². The molecular weight excluding hydrogens is 306 g/mol. The molecule has 0 radical (unpaired) electrons. The lowest BCUT2D eigenvalue weighted by Crippen LogP contribution is -2.36. The standard InChI is InChI=1S/C18H23N3OS/c1-2-15-13-23-17(20-15)12-19-10-9-18(22)21-11-5-7-14-6-3-4-8-16(14)21/h3-4,6,8,13,19H,2,5,7,9-12H2,1H3. The fraction of sp³-hybridized carbons (Fsp3) is 0.444. The van der Waals surface area contributed by atoms with Gasteiger partial charge in [0, 0.05) is 37.1 Å². The predicted octanol–water partition coefficient (Wildman–Crippen LogP) is 3.16. The summed E-state index contributed by atoms with van der Waals surface area (Å²) >= 11 is 1.68. The van der Waals surface area contributed by atoms with E-state index >= 15 is 0 Å². The quantitative estimate of drug-likeness (QED) is 0.828. The first kappa shape index (κ1) is 16.1. The molecule has 1 aliphatic heterocycles. The van der Waals surface area contributed by atoms with Crippen LogP contribution in [0.2, 0.25) is 0 Å². The number of fused-ring (bicyclic) bond motifs is 1. The number of aryl methyl sites for hydroxylation is 2. The van der Waals surface area contributed by atoms with Crippen molar-refractivity contribution in [2.45, 2.75) is 39.2 Å². The first-order chi connectivity index (χ1) is 11.3. The van der Waals surface area contributed by atoms with Crippen LogP contribution in [0.3, 0.4) is 0 Å². The number of carbonyl (C=O) groups is 1. The van der Waals surface area contributed by atoms with Crippen LogP contribution in [0.25, 0.3) is 0 Å². The Hall–Kier alpha value is -1.72. The van der Waals surface area contributed by atoms with E-state index in [9.17, 15) is 4.79 Å². The van der Waals surface area contributed by atoms with Crippen LogP contribution in [-0.2, 0) is 24.2 Å². The Bertz CT molecular complexity index is 668. The Kier molecular flexibility index (Phi) is 5.41. The highest BCUT2D eigenvalue weighted by Gasteiger charge is 2.21. The lowest BCUT2D eigenvalue weighted by atomic mass is 10.0. The van der Waals surface area contributed by atoms with E-state index in [1.54, 1.807) is 11.3 Å². The lowest BCUT2D eigenvalue weighted by Gasteiger charge is -2.29. The maximum Gasteiger partial charge on any atom is 0.228 e. The number of benzene rings is 1. The monoisotopic (exact) mass is 329 g/mol. The third-order valence-corrected chi connectivity index (χ3v) is 5.06. The lowest BCUT2D eigenvalue weighted by molar-refractivity contribution is -0.118. The zero-order valence-electron chi connectivity index (χ0n) is 13.5. The van der Waals surface area contributed by atoms with E-state index in [0.29, 0.717) is 13.0 Å². The third kappa shape index (κ3) is 3.98. The topological polar surface area (TPSA) is 45.2 Å². The first-order valence-corrected chi connectivity index (χ1v) is 9.18. The molecule has 0 saturated heterocycles. The molecule has 2 heterocycles. The number of para-hydroxylation sites is 1. The summed E-state index contributed by atoms with van der Waals surface area (Å²) in [6.45, 7) is 4.39. The van der Waals surface area contributed by atoms with Gasteiger partial charge in [-0.15, -0.1) is 11.3 Å². The van der Waals surface area contributed by atoms with Crippen molar-refractivity contribution in [1.29, 1.82) is 0 Å². The molecule has 1 aromatic heterocycles. The van der Waals surface area contributed by atoms with E-state index in [1.165, 1.54) is 5.56 Å². The van der Waals surface area contributed by atoms with Gasteiger partial charge in [-0.05, 0) is 30.9 Å². The molecule has 1 aromatic carbocycles. The Morgan fingerprint density at radius 2 is 2.26 bits per heavy atom. The molecule has 3 rings (SSSR count). The number of hydrogen-bond donors (Lipinski definition) is 1. The molecular formula is C18H23N3OS. The van der Waals surface area contributed by atoms with Crippen LogP contribution in [0.15, 0.2) is 29.6 Å². The number of anilines is 1. The van der Waals surface area contributed by atoms with Gasteiger partial charge in [0.15, 0.2) is 0 Å². The highest BCUT2D eigenvalue weighted by atomic mass is 32.1. The molecule has 0 spiro atoms. The van der Waals surface area contributed by atoms with Gasteiger partial charge in [-0.1, -0.05) is 25.1 Å². The molecule has 1 amide bonds. The van der Waals surface area contributed by atoms with Gasteiger partial charge in [0.05, 0.1) is 5.69 Å². The van der Waals surface area contributed by atoms with Gasteiger partial charge in [0.2, 0.25) is 5.91 Å². The largest absolute Gasteiger partial charge is 0.312 e. The van der Waals surface area contributed by atoms with Gasteiger partial charge in [-0.25, -0.2) is 4.98 Å². The maximum absolute atomic E-state index is 12.5. The molecule has 0 saturated carbocycles. The van der Waals surface area contributed by atoms with E-state index in [0.717, 1.165) is 48.7 Å². The van der Waals surface area contributed by atoms with Gasteiger partial charge in [-0.2, -0.15) is 0 Å². The van der Waals surface area contributed by atoms with E-state index in [4.69, 9.17) is 0 Å². The van der Waals surface area contributed by atoms with Crippen molar-refractivity contribution < 1.29 is 4.79 Å². The minimum absolute atomic E-state index is 0.207. The number of aromatic nitrogens is 1. The molecule has 0 aliphatic carbocycles. The van der Waals surface area contributed by atoms with E-state index in [-0.39, 0.29) is 5.91 Å². The summed E-state index contributed by atoms with van der Waals surface area (Å²) in [5.74, 6) is 0.207. The summed E-state index contributed by atoms with van der Waals surface area (Å²) in [5, 5.41) is 6.53. The third-order valence-electron chi connectivity index (χ3n) is 4.16. The van der Waals surface area contributed by atoms with Crippen LogP contribution in [0.4, 0.5) is 5.69 Å². The first-order valence-electron chi connectivity index (χ1n) is 8.30. The predicted molar refractivity (Wildman–Crippen MR) is 94.9 cm³/mol. The van der Waals surface area contributed by atoms with E-state index in [2.05, 4.69) is 34.7 Å². The molecule has 122 valence electrons. The second kappa shape index (κ2) is 7.70. The van der Waals surface area contributed by atoms with Crippen LogP contribution >= 0.6 is 11.3 Å². The number of amides is 1. The number of nitrogens with zero attached hydrogens (tertiary/aromatic N) is 2. The van der Waals surface area contributed by atoms with Crippen LogP contribution < -0.4 is 10.2 Å². The molecule has 0 atom stereocenters. The summed E-state index contributed by atoms with van der Waals surface area (Å²) in [5.41, 5.74) is 3.53. The van der Waals surface area contributed by atoms with E-state index < -0.39 is 0 Å². The maximum atomic E-state index is 12.5. The second-order valence-electron chi connectivity index (χ2n) is 5.79. The van der Waals surface area contributed by atoms with Crippen molar-refractivity contribution in [3.8, 4) is 0 Å². The van der Waals surface area contributed by atoms with Gasteiger partial charge in [0.1, 0.15) is 5.01 Å². The zero-order valence-corrected chi connectivity index (χ0v) is 14.4. The number of nitrogens with one attached hydrogen (secondary N) is 1. The Morgan fingerprint density at radius 3 is 3.09 bits per heavy atom. The fourth-order valence-electron chi connectivity index (χ4n) is 2.91. The van der Waals surface area contributed by atoms with Crippen LogP contribution in [-0.4, -0.2) is 24.0 Å². The van der Waals surface area contributed by atoms with Crippen molar-refractivity contribution in [2.24, 2.45) is 0 Å². The Labute approximate surface area is 141 Å². The minimum atomic E-state index is 0.207. The number of carbonyl (C=O) groups excluding carboxylic acids is 1. The fourth-order valence-corrected chi connectivity index (χ4v) is 3.76. The van der Waals surface area contributed by atoms with E-state index in [1.807, 2.05) is 17.0 Å². The summed E-state index contributed by atoms with van der Waals surface area (Å²) in [4.78, 5) is 19.0. The summed E-state index contributed by atoms with van der Waals surface area (Å²) < 4.78 is 0. The van der Waals surface area contributed by atoms with Gasteiger partial charge in [0.25, 0.3) is 0 Å². The highest BCUT2D eigenvalue weighted by Crippen LogP contribution is 2.27. The highest BCUT2D eigenvalue weighted by molar-refractivity contribution is 7.09. The summed E-state index contributed by atoms with van der Waals surface area (Å²) in [6, 6.07) is 8.24. The van der Waals surface area contributed by atoms with Crippen molar-refractivity contribution >= 4 is 22.9 Å². The molecule has 0 bridgehead atoms. The zero-order chi connectivity index (χ0) is 16.1. The number of hydrogen-bond acceptors (Lipinski definition) is 4. The summed E-state index contributed by atoms with van der Waals surface area (Å²) in [7, 11) is 0. The van der Waals surface area contributed by atoms with Crippen LogP contribution in [0.1, 0.15) is 36.0 Å². The SMILES string of the molecule is CCc1csc(CNCCC(=O)N2CCCc3ccccc32)n1. The van der Waals surface area contributed by atoms with Crippen LogP contribution in [0, 0.1) is 0 Å². The molecule has 1 N–H and O–H groups in total. The van der Waals surface area contributed by atoms with Gasteiger partial charge >= 0.3 is 0 Å². The Balaban J connectivity index is 1.48. The molecule has 0 fully saturated rings.